The number of amides is 2. The van der Waals surface area contributed by atoms with E-state index in [0.29, 0.717) is 18.8 Å². The highest BCUT2D eigenvalue weighted by molar-refractivity contribution is 6.03. The molecule has 7 nitrogen and oxygen atoms in total. The molecule has 4 rings (SSSR count). The highest BCUT2D eigenvalue weighted by Gasteiger charge is 2.39. The van der Waals surface area contributed by atoms with Gasteiger partial charge in [-0.05, 0) is 17.7 Å². The molecule has 128 valence electrons. The summed E-state index contributed by atoms with van der Waals surface area (Å²) in [5.41, 5.74) is 1.65. The average Bonchev–Trinajstić information content (AvgIpc) is 2.67. The predicted octanol–water partition coefficient (Wildman–Crippen LogP) is 1.86. The molecule has 0 radical (unpaired) electrons. The van der Waals surface area contributed by atoms with Crippen molar-refractivity contribution in [1.82, 2.24) is 9.88 Å². The molecule has 1 aromatic carbocycles. The van der Waals surface area contributed by atoms with E-state index in [0.717, 1.165) is 11.4 Å². The number of nitrogens with one attached hydrogen (secondary N) is 1. The van der Waals surface area contributed by atoms with Crippen LogP contribution in [0.25, 0.3) is 0 Å². The third-order valence-electron chi connectivity index (χ3n) is 4.46. The number of nitrogens with zero attached hydrogens (tertiary/aromatic N) is 3. The second-order valence-corrected chi connectivity index (χ2v) is 6.06. The molecule has 2 aromatic rings. The summed E-state index contributed by atoms with van der Waals surface area (Å²) in [7, 11) is 0. The fourth-order valence-corrected chi connectivity index (χ4v) is 3.18. The van der Waals surface area contributed by atoms with Crippen LogP contribution in [0.4, 0.5) is 16.3 Å². The molecule has 1 saturated heterocycles. The lowest BCUT2D eigenvalue weighted by atomic mass is 10.1. The Hall–Kier alpha value is -3.09. The van der Waals surface area contributed by atoms with Gasteiger partial charge >= 0.3 is 6.09 Å². The predicted molar refractivity (Wildman–Crippen MR) is 92.2 cm³/mol. The zero-order valence-electron chi connectivity index (χ0n) is 13.6. The fourth-order valence-electron chi connectivity index (χ4n) is 3.18. The highest BCUT2D eigenvalue weighted by atomic mass is 16.6. The van der Waals surface area contributed by atoms with Gasteiger partial charge in [-0.15, -0.1) is 0 Å². The molecule has 0 spiro atoms. The van der Waals surface area contributed by atoms with Crippen molar-refractivity contribution in [3.8, 4) is 0 Å². The van der Waals surface area contributed by atoms with Crippen LogP contribution < -0.4 is 10.2 Å². The number of hydrogen-bond acceptors (Lipinski definition) is 5. The quantitative estimate of drug-likeness (QED) is 0.905. The first-order chi connectivity index (χ1) is 12.2. The molecule has 0 saturated carbocycles. The van der Waals surface area contributed by atoms with Gasteiger partial charge in [0.05, 0.1) is 12.2 Å². The van der Waals surface area contributed by atoms with E-state index in [9.17, 15) is 9.59 Å². The van der Waals surface area contributed by atoms with Gasteiger partial charge in [0.1, 0.15) is 12.6 Å². The van der Waals surface area contributed by atoms with Crippen LogP contribution in [0, 0.1) is 0 Å². The maximum atomic E-state index is 12.4. The summed E-state index contributed by atoms with van der Waals surface area (Å²) in [4.78, 5) is 32.6. The Morgan fingerprint density at radius 3 is 2.88 bits per heavy atom. The number of anilines is 2. The summed E-state index contributed by atoms with van der Waals surface area (Å²) in [6.45, 7) is 1.55. The van der Waals surface area contributed by atoms with Crippen LogP contribution in [0.3, 0.4) is 0 Å². The second kappa shape index (κ2) is 6.43. The van der Waals surface area contributed by atoms with Gasteiger partial charge in [-0.25, -0.2) is 9.78 Å². The minimum Gasteiger partial charge on any atom is -0.445 e. The molecule has 0 bridgehead atoms. The minimum absolute atomic E-state index is 0.124. The van der Waals surface area contributed by atoms with Crippen LogP contribution in [-0.4, -0.2) is 47.6 Å². The topological polar surface area (TPSA) is 74.8 Å². The first-order valence-corrected chi connectivity index (χ1v) is 8.20. The van der Waals surface area contributed by atoms with E-state index >= 15 is 0 Å². The van der Waals surface area contributed by atoms with E-state index in [2.05, 4.69) is 10.3 Å². The van der Waals surface area contributed by atoms with Crippen molar-refractivity contribution in [3.05, 3.63) is 54.2 Å². The molecule has 2 amide bonds. The van der Waals surface area contributed by atoms with Crippen molar-refractivity contribution in [1.29, 1.82) is 0 Å². The smallest absolute Gasteiger partial charge is 0.410 e. The summed E-state index contributed by atoms with van der Waals surface area (Å²) >= 11 is 0. The van der Waals surface area contributed by atoms with Crippen molar-refractivity contribution in [2.45, 2.75) is 12.6 Å². The number of fused-ring (bicyclic) bond motifs is 3. The SMILES string of the molecule is O=C1Nc2cccnc2N2CCN(C(=O)OCc3ccccc3)CC12. The van der Waals surface area contributed by atoms with E-state index in [1.165, 1.54) is 0 Å². The fraction of sp³-hybridized carbons (Fsp3) is 0.278. The number of benzene rings is 1. The van der Waals surface area contributed by atoms with Gasteiger partial charge in [-0.2, -0.15) is 0 Å². The Labute approximate surface area is 145 Å². The zero-order valence-corrected chi connectivity index (χ0v) is 13.6. The number of piperazine rings is 1. The molecule has 0 aliphatic carbocycles. The first-order valence-electron chi connectivity index (χ1n) is 8.20. The van der Waals surface area contributed by atoms with Crippen LogP contribution in [0.5, 0.6) is 0 Å². The first kappa shape index (κ1) is 15.4. The molecule has 1 N–H and O–H groups in total. The van der Waals surface area contributed by atoms with Crippen LogP contribution in [0.1, 0.15) is 5.56 Å². The summed E-state index contributed by atoms with van der Waals surface area (Å²) in [6, 6.07) is 12.7. The van der Waals surface area contributed by atoms with Gasteiger partial charge in [0.15, 0.2) is 5.82 Å². The third-order valence-corrected chi connectivity index (χ3v) is 4.46. The Balaban J connectivity index is 1.42. The summed E-state index contributed by atoms with van der Waals surface area (Å²) in [6.07, 6.45) is 1.30. The Morgan fingerprint density at radius 2 is 2.04 bits per heavy atom. The van der Waals surface area contributed by atoms with Crippen molar-refractivity contribution in [2.24, 2.45) is 0 Å². The number of ether oxygens (including phenoxy) is 1. The van der Waals surface area contributed by atoms with Crippen molar-refractivity contribution < 1.29 is 14.3 Å². The van der Waals surface area contributed by atoms with Crippen molar-refractivity contribution in [2.75, 3.05) is 29.9 Å². The molecule has 3 heterocycles. The van der Waals surface area contributed by atoms with Gasteiger partial charge in [0.25, 0.3) is 0 Å². The summed E-state index contributed by atoms with van der Waals surface area (Å²) in [5, 5.41) is 2.85. The van der Waals surface area contributed by atoms with E-state index in [4.69, 9.17) is 4.74 Å². The van der Waals surface area contributed by atoms with Crippen LogP contribution in [-0.2, 0) is 16.1 Å². The van der Waals surface area contributed by atoms with Crippen LogP contribution in [0.15, 0.2) is 48.7 Å². The Bertz CT molecular complexity index is 796. The Kier molecular flexibility index (Phi) is 3.97. The normalized spacial score (nSPS) is 18.9. The molecular weight excluding hydrogens is 320 g/mol. The van der Waals surface area contributed by atoms with Gasteiger partial charge in [-0.3, -0.25) is 4.79 Å². The second-order valence-electron chi connectivity index (χ2n) is 6.06. The third kappa shape index (κ3) is 3.00. The monoisotopic (exact) mass is 338 g/mol. The average molecular weight is 338 g/mol. The van der Waals surface area contributed by atoms with E-state index < -0.39 is 12.1 Å². The van der Waals surface area contributed by atoms with Crippen molar-refractivity contribution >= 4 is 23.5 Å². The Morgan fingerprint density at radius 1 is 1.20 bits per heavy atom. The number of hydrogen-bond donors (Lipinski definition) is 1. The number of carbonyl (C=O) groups is 2. The largest absolute Gasteiger partial charge is 0.445 e. The highest BCUT2D eigenvalue weighted by Crippen LogP contribution is 2.31. The van der Waals surface area contributed by atoms with Crippen molar-refractivity contribution in [3.63, 3.8) is 0 Å². The molecule has 2 aliphatic heterocycles. The number of carbonyl (C=O) groups excluding carboxylic acids is 2. The lowest BCUT2D eigenvalue weighted by Crippen LogP contribution is -2.61. The van der Waals surface area contributed by atoms with Gasteiger partial charge in [0.2, 0.25) is 5.91 Å². The summed E-state index contributed by atoms with van der Waals surface area (Å²) in [5.74, 6) is 0.630. The van der Waals surface area contributed by atoms with Crippen LogP contribution >= 0.6 is 0 Å². The molecular formula is C18H18N4O3. The number of aromatic nitrogens is 1. The molecule has 2 aliphatic rings. The molecule has 7 heteroatoms. The molecule has 1 atom stereocenters. The lowest BCUT2D eigenvalue weighted by molar-refractivity contribution is -0.118. The number of rotatable bonds is 2. The molecule has 1 aromatic heterocycles. The molecule has 1 fully saturated rings. The van der Waals surface area contributed by atoms with Gasteiger partial charge < -0.3 is 19.9 Å². The van der Waals surface area contributed by atoms with E-state index in [1.54, 1.807) is 17.2 Å². The lowest BCUT2D eigenvalue weighted by Gasteiger charge is -2.43. The summed E-state index contributed by atoms with van der Waals surface area (Å²) < 4.78 is 5.37. The standard InChI is InChI=1S/C18H18N4O3/c23-17-15-11-21(18(24)25-12-13-5-2-1-3-6-13)9-10-22(15)16-14(20-17)7-4-8-19-16/h1-8,15H,9-12H2,(H,20,23). The van der Waals surface area contributed by atoms with Crippen LogP contribution in [0.2, 0.25) is 0 Å². The van der Waals surface area contributed by atoms with E-state index in [-0.39, 0.29) is 19.1 Å². The van der Waals surface area contributed by atoms with E-state index in [1.807, 2.05) is 41.3 Å². The van der Waals surface area contributed by atoms with Gasteiger partial charge in [-0.1, -0.05) is 30.3 Å². The molecule has 25 heavy (non-hydrogen) atoms. The maximum absolute atomic E-state index is 12.4. The minimum atomic E-state index is -0.444. The number of pyridine rings is 1. The van der Waals surface area contributed by atoms with Gasteiger partial charge in [0, 0.05) is 19.3 Å². The maximum Gasteiger partial charge on any atom is 0.410 e. The zero-order chi connectivity index (χ0) is 17.2. The molecule has 1 unspecified atom stereocenters.